The molecule has 0 radical (unpaired) electrons. The van der Waals surface area contributed by atoms with Gasteiger partial charge in [-0.15, -0.1) is 0 Å². The average Bonchev–Trinajstić information content (AvgIpc) is 2.90. The van der Waals surface area contributed by atoms with Gasteiger partial charge in [0, 0.05) is 31.6 Å². The Morgan fingerprint density at radius 3 is 2.84 bits per heavy atom. The van der Waals surface area contributed by atoms with Gasteiger partial charge in [0.1, 0.15) is 11.4 Å². The molecule has 5 rings (SSSR count). The smallest absolute Gasteiger partial charge is 0.274 e. The zero-order valence-electron chi connectivity index (χ0n) is 17.7. The molecule has 0 aliphatic carbocycles. The van der Waals surface area contributed by atoms with Crippen LogP contribution in [0.5, 0.6) is 5.75 Å². The second-order valence-electron chi connectivity index (χ2n) is 9.03. The van der Waals surface area contributed by atoms with E-state index < -0.39 is 46.0 Å². The first-order valence-corrected chi connectivity index (χ1v) is 10.8. The molecule has 1 saturated heterocycles. The number of carbonyl (C=O) groups excluding carboxylic acids is 2. The van der Waals surface area contributed by atoms with Crippen molar-refractivity contribution in [2.75, 3.05) is 13.1 Å². The SMILES string of the molecule is Cc1ccc(CNC(=O)c2c3n4c(c(O)c2=O)C(=O)N2CCCC[C@]4(C[C@@H]3O)C2)c(F)c1. The second kappa shape index (κ2) is 7.16. The summed E-state index contributed by atoms with van der Waals surface area (Å²) < 4.78 is 15.7. The number of hydrogen-bond donors (Lipinski definition) is 3. The highest BCUT2D eigenvalue weighted by atomic mass is 19.1. The number of halogens is 1. The van der Waals surface area contributed by atoms with Crippen LogP contribution >= 0.6 is 0 Å². The van der Waals surface area contributed by atoms with Gasteiger partial charge in [-0.25, -0.2) is 4.39 Å². The number of aromatic nitrogens is 1. The van der Waals surface area contributed by atoms with E-state index in [4.69, 9.17) is 0 Å². The number of carbonyl (C=O) groups is 2. The zero-order chi connectivity index (χ0) is 22.8. The number of aryl methyl sites for hydroxylation is 1. The molecular weight excluding hydrogens is 417 g/mol. The fourth-order valence-electron chi connectivity index (χ4n) is 5.45. The summed E-state index contributed by atoms with van der Waals surface area (Å²) in [5, 5.41) is 24.1. The molecule has 3 N–H and O–H groups in total. The highest BCUT2D eigenvalue weighted by Crippen LogP contribution is 2.49. The van der Waals surface area contributed by atoms with Crippen molar-refractivity contribution in [1.29, 1.82) is 0 Å². The van der Waals surface area contributed by atoms with Crippen molar-refractivity contribution in [1.82, 2.24) is 14.8 Å². The molecule has 8 nitrogen and oxygen atoms in total. The van der Waals surface area contributed by atoms with E-state index in [0.717, 1.165) is 18.4 Å². The first-order valence-electron chi connectivity index (χ1n) is 10.8. The van der Waals surface area contributed by atoms with E-state index in [2.05, 4.69) is 5.32 Å². The molecule has 2 aromatic rings. The lowest BCUT2D eigenvalue weighted by Crippen LogP contribution is -2.52. The van der Waals surface area contributed by atoms with Crippen LogP contribution in [0.25, 0.3) is 0 Å². The van der Waals surface area contributed by atoms with E-state index >= 15 is 0 Å². The van der Waals surface area contributed by atoms with Crippen LogP contribution < -0.4 is 10.7 Å². The third-order valence-corrected chi connectivity index (χ3v) is 6.92. The van der Waals surface area contributed by atoms with E-state index in [1.807, 2.05) is 0 Å². The van der Waals surface area contributed by atoms with E-state index in [9.17, 15) is 29.0 Å². The third-order valence-electron chi connectivity index (χ3n) is 6.92. The maximum atomic E-state index is 14.2. The average molecular weight is 441 g/mol. The molecule has 168 valence electrons. The normalized spacial score (nSPS) is 23.7. The van der Waals surface area contributed by atoms with E-state index in [0.29, 0.717) is 19.5 Å². The monoisotopic (exact) mass is 441 g/mol. The molecule has 0 unspecified atom stereocenters. The summed E-state index contributed by atoms with van der Waals surface area (Å²) in [7, 11) is 0. The molecule has 2 bridgehead atoms. The number of aliphatic hydroxyl groups is 1. The number of benzene rings is 1. The summed E-state index contributed by atoms with van der Waals surface area (Å²) in [5.74, 6) is -2.56. The number of nitrogens with zero attached hydrogens (tertiary/aromatic N) is 2. The Bertz CT molecular complexity index is 1220. The molecule has 9 heteroatoms. The van der Waals surface area contributed by atoms with Gasteiger partial charge >= 0.3 is 0 Å². The van der Waals surface area contributed by atoms with Gasteiger partial charge in [0.15, 0.2) is 11.4 Å². The predicted molar refractivity (Wildman–Crippen MR) is 112 cm³/mol. The molecule has 1 spiro atoms. The predicted octanol–water partition coefficient (Wildman–Crippen LogP) is 1.70. The number of amides is 2. The summed E-state index contributed by atoms with van der Waals surface area (Å²) in [6.45, 7) is 2.46. The fraction of sp³-hybridized carbons (Fsp3) is 0.435. The highest BCUT2D eigenvalue weighted by Gasteiger charge is 2.53. The lowest BCUT2D eigenvalue weighted by molar-refractivity contribution is 0.0549. The zero-order valence-corrected chi connectivity index (χ0v) is 17.7. The molecule has 4 heterocycles. The second-order valence-corrected chi connectivity index (χ2v) is 9.03. The summed E-state index contributed by atoms with van der Waals surface area (Å²) >= 11 is 0. The van der Waals surface area contributed by atoms with Crippen molar-refractivity contribution in [3.05, 3.63) is 62.3 Å². The standard InChI is InChI=1S/C23H24FN3O5/c1-12-4-5-13(14(24)8-12)10-25-21(31)16-17-15(28)9-23-6-2-3-7-26(11-23)22(32)18(27(17)23)20(30)19(16)29/h4-5,8,15,28,30H,2-3,6-7,9-11H2,1H3,(H,25,31)/t15-,23-/m0/s1. The summed E-state index contributed by atoms with van der Waals surface area (Å²) in [6, 6.07) is 4.60. The van der Waals surface area contributed by atoms with Gasteiger partial charge in [0.2, 0.25) is 5.43 Å². The number of rotatable bonds is 3. The van der Waals surface area contributed by atoms with Gasteiger partial charge in [0.05, 0.1) is 17.3 Å². The van der Waals surface area contributed by atoms with Crippen LogP contribution in [0.3, 0.4) is 0 Å². The van der Waals surface area contributed by atoms with E-state index in [1.165, 1.54) is 6.07 Å². The fourth-order valence-corrected chi connectivity index (χ4v) is 5.45. The van der Waals surface area contributed by atoms with Crippen molar-refractivity contribution in [3.8, 4) is 5.75 Å². The van der Waals surface area contributed by atoms with Crippen molar-refractivity contribution >= 4 is 11.8 Å². The molecule has 1 aromatic carbocycles. The molecular formula is C23H24FN3O5. The van der Waals surface area contributed by atoms with Gasteiger partial charge in [0.25, 0.3) is 11.8 Å². The maximum absolute atomic E-state index is 14.2. The van der Waals surface area contributed by atoms with Crippen molar-refractivity contribution in [2.24, 2.45) is 0 Å². The summed E-state index contributed by atoms with van der Waals surface area (Å²) in [5.41, 5.74) is -1.19. The Balaban J connectivity index is 1.60. The number of aliphatic hydroxyl groups excluding tert-OH is 1. The van der Waals surface area contributed by atoms with Crippen LogP contribution in [0.2, 0.25) is 0 Å². The van der Waals surface area contributed by atoms with Crippen LogP contribution in [0.1, 0.15) is 69.5 Å². The Labute approximate surface area is 183 Å². The summed E-state index contributed by atoms with van der Waals surface area (Å²) in [6.07, 6.45) is 1.38. The lowest BCUT2D eigenvalue weighted by atomic mass is 9.88. The quantitative estimate of drug-likeness (QED) is 0.671. The Morgan fingerprint density at radius 2 is 2.09 bits per heavy atom. The summed E-state index contributed by atoms with van der Waals surface area (Å²) in [4.78, 5) is 40.7. The third kappa shape index (κ3) is 2.87. The van der Waals surface area contributed by atoms with Crippen molar-refractivity contribution in [3.63, 3.8) is 0 Å². The van der Waals surface area contributed by atoms with Crippen LogP contribution in [0.4, 0.5) is 4.39 Å². The molecule has 32 heavy (non-hydrogen) atoms. The Hall–Kier alpha value is -3.20. The molecule has 0 saturated carbocycles. The van der Waals surface area contributed by atoms with Gasteiger partial charge in [-0.2, -0.15) is 0 Å². The first-order chi connectivity index (χ1) is 15.2. The van der Waals surface area contributed by atoms with Crippen LogP contribution in [0.15, 0.2) is 23.0 Å². The molecule has 2 amide bonds. The van der Waals surface area contributed by atoms with Crippen LogP contribution in [-0.2, 0) is 12.1 Å². The molecule has 2 atom stereocenters. The van der Waals surface area contributed by atoms with Crippen molar-refractivity contribution < 1.29 is 24.2 Å². The largest absolute Gasteiger partial charge is 0.503 e. The Morgan fingerprint density at radius 1 is 1.31 bits per heavy atom. The minimum Gasteiger partial charge on any atom is -0.503 e. The van der Waals surface area contributed by atoms with E-state index in [1.54, 1.807) is 28.5 Å². The Kier molecular flexibility index (Phi) is 4.63. The van der Waals surface area contributed by atoms with Gasteiger partial charge < -0.3 is 25.0 Å². The van der Waals surface area contributed by atoms with E-state index in [-0.39, 0.29) is 29.9 Å². The number of nitrogens with one attached hydrogen (secondary N) is 1. The van der Waals surface area contributed by atoms with Gasteiger partial charge in [-0.1, -0.05) is 12.1 Å². The number of pyridine rings is 1. The molecule has 1 fully saturated rings. The number of fused-ring (bicyclic) bond motifs is 1. The van der Waals surface area contributed by atoms with Gasteiger partial charge in [-0.3, -0.25) is 14.4 Å². The number of aromatic hydroxyl groups is 1. The van der Waals surface area contributed by atoms with Gasteiger partial charge in [-0.05, 0) is 37.8 Å². The minimum atomic E-state index is -1.13. The molecule has 3 aliphatic rings. The highest BCUT2D eigenvalue weighted by molar-refractivity contribution is 6.00. The lowest BCUT2D eigenvalue weighted by Gasteiger charge is -2.41. The molecule has 1 aromatic heterocycles. The van der Waals surface area contributed by atoms with Crippen LogP contribution in [-0.4, -0.2) is 44.6 Å². The van der Waals surface area contributed by atoms with Crippen molar-refractivity contribution in [2.45, 2.75) is 50.8 Å². The number of hydrogen-bond acceptors (Lipinski definition) is 5. The molecule has 3 aliphatic heterocycles. The first kappa shape index (κ1) is 20.7. The minimum absolute atomic E-state index is 0.0552. The maximum Gasteiger partial charge on any atom is 0.274 e. The van der Waals surface area contributed by atoms with Crippen LogP contribution in [0, 0.1) is 12.7 Å². The topological polar surface area (TPSA) is 112 Å².